The Bertz CT molecular complexity index is 462. The number of hydrogen-bond acceptors (Lipinski definition) is 3. The van der Waals surface area contributed by atoms with E-state index in [1.54, 1.807) is 6.07 Å². The maximum absolute atomic E-state index is 8.71. The predicted molar refractivity (Wildman–Crippen MR) is 86.0 cm³/mol. The molecular weight excluding hydrogens is 274 g/mol. The van der Waals surface area contributed by atoms with Gasteiger partial charge in [0.25, 0.3) is 0 Å². The number of hydrogen-bond donors (Lipinski definition) is 2. The lowest BCUT2D eigenvalue weighted by Gasteiger charge is -2.31. The Labute approximate surface area is 126 Å². The SMILES string of the molecule is CCCCN(c1ccc(C(N)=NO)cc1Cl)C(C)CC. The third-order valence-electron chi connectivity index (χ3n) is 3.54. The number of benzene rings is 1. The summed E-state index contributed by atoms with van der Waals surface area (Å²) in [7, 11) is 0. The summed E-state index contributed by atoms with van der Waals surface area (Å²) in [5.41, 5.74) is 7.21. The van der Waals surface area contributed by atoms with Crippen molar-refractivity contribution in [2.24, 2.45) is 10.9 Å². The second-order valence-electron chi connectivity index (χ2n) is 4.96. The second-order valence-corrected chi connectivity index (χ2v) is 5.36. The molecular formula is C15H24ClN3O. The number of unbranched alkanes of at least 4 members (excludes halogenated alkanes) is 1. The van der Waals surface area contributed by atoms with Gasteiger partial charge in [0.15, 0.2) is 5.84 Å². The molecule has 20 heavy (non-hydrogen) atoms. The molecule has 1 unspecified atom stereocenters. The van der Waals surface area contributed by atoms with Crippen molar-refractivity contribution >= 4 is 23.1 Å². The molecule has 0 aliphatic heterocycles. The Hall–Kier alpha value is -1.42. The van der Waals surface area contributed by atoms with Gasteiger partial charge >= 0.3 is 0 Å². The second kappa shape index (κ2) is 8.00. The molecule has 1 atom stereocenters. The number of anilines is 1. The van der Waals surface area contributed by atoms with Gasteiger partial charge in [0.05, 0.1) is 10.7 Å². The van der Waals surface area contributed by atoms with E-state index in [-0.39, 0.29) is 5.84 Å². The van der Waals surface area contributed by atoms with Crippen LogP contribution in [0, 0.1) is 0 Å². The molecule has 0 radical (unpaired) electrons. The number of nitrogens with two attached hydrogens (primary N) is 1. The first-order chi connectivity index (χ1) is 9.54. The molecule has 1 aromatic rings. The van der Waals surface area contributed by atoms with Crippen LogP contribution in [-0.2, 0) is 0 Å². The van der Waals surface area contributed by atoms with Gasteiger partial charge in [-0.25, -0.2) is 0 Å². The highest BCUT2D eigenvalue weighted by Gasteiger charge is 2.16. The van der Waals surface area contributed by atoms with Gasteiger partial charge < -0.3 is 15.8 Å². The van der Waals surface area contributed by atoms with Crippen LogP contribution in [0.4, 0.5) is 5.69 Å². The molecule has 4 nitrogen and oxygen atoms in total. The molecule has 0 bridgehead atoms. The number of amidine groups is 1. The van der Waals surface area contributed by atoms with E-state index < -0.39 is 0 Å². The Morgan fingerprint density at radius 1 is 1.45 bits per heavy atom. The lowest BCUT2D eigenvalue weighted by Crippen LogP contribution is -2.33. The van der Waals surface area contributed by atoms with Crippen LogP contribution in [0.25, 0.3) is 0 Å². The number of nitrogens with zero attached hydrogens (tertiary/aromatic N) is 2. The molecule has 112 valence electrons. The average molecular weight is 298 g/mol. The minimum atomic E-state index is 0.0714. The fourth-order valence-corrected chi connectivity index (χ4v) is 2.37. The third-order valence-corrected chi connectivity index (χ3v) is 3.84. The smallest absolute Gasteiger partial charge is 0.170 e. The largest absolute Gasteiger partial charge is 0.409 e. The van der Waals surface area contributed by atoms with Crippen LogP contribution >= 0.6 is 11.6 Å². The summed E-state index contributed by atoms with van der Waals surface area (Å²) >= 11 is 6.37. The van der Waals surface area contributed by atoms with Crippen molar-refractivity contribution in [1.82, 2.24) is 0 Å². The maximum Gasteiger partial charge on any atom is 0.170 e. The van der Waals surface area contributed by atoms with Crippen molar-refractivity contribution in [2.75, 3.05) is 11.4 Å². The van der Waals surface area contributed by atoms with Gasteiger partial charge in [0.2, 0.25) is 0 Å². The zero-order valence-electron chi connectivity index (χ0n) is 12.4. The molecule has 0 fully saturated rings. The Balaban J connectivity index is 3.07. The fraction of sp³-hybridized carbons (Fsp3) is 0.533. The van der Waals surface area contributed by atoms with Gasteiger partial charge in [-0.1, -0.05) is 37.0 Å². The van der Waals surface area contributed by atoms with Gasteiger partial charge in [0.1, 0.15) is 0 Å². The topological polar surface area (TPSA) is 61.8 Å². The van der Waals surface area contributed by atoms with E-state index in [0.717, 1.165) is 31.5 Å². The molecule has 1 rings (SSSR count). The molecule has 0 aromatic heterocycles. The Kier molecular flexibility index (Phi) is 6.65. The molecule has 0 heterocycles. The molecule has 0 spiro atoms. The van der Waals surface area contributed by atoms with Crippen molar-refractivity contribution in [2.45, 2.75) is 46.1 Å². The lowest BCUT2D eigenvalue weighted by molar-refractivity contribution is 0.318. The molecule has 0 amide bonds. The predicted octanol–water partition coefficient (Wildman–Crippen LogP) is 3.84. The lowest BCUT2D eigenvalue weighted by atomic mass is 10.1. The summed E-state index contributed by atoms with van der Waals surface area (Å²) in [4.78, 5) is 2.32. The third kappa shape index (κ3) is 4.04. The van der Waals surface area contributed by atoms with Crippen LogP contribution < -0.4 is 10.6 Å². The highest BCUT2D eigenvalue weighted by atomic mass is 35.5. The zero-order chi connectivity index (χ0) is 15.1. The minimum absolute atomic E-state index is 0.0714. The van der Waals surface area contributed by atoms with Crippen LogP contribution in [-0.4, -0.2) is 23.6 Å². The fourth-order valence-electron chi connectivity index (χ4n) is 2.08. The van der Waals surface area contributed by atoms with Gasteiger partial charge in [0, 0.05) is 18.2 Å². The Morgan fingerprint density at radius 3 is 2.65 bits per heavy atom. The summed E-state index contributed by atoms with van der Waals surface area (Å²) in [6.07, 6.45) is 3.33. The van der Waals surface area contributed by atoms with E-state index >= 15 is 0 Å². The van der Waals surface area contributed by atoms with E-state index in [9.17, 15) is 0 Å². The summed E-state index contributed by atoms with van der Waals surface area (Å²) in [5, 5.41) is 12.3. The quantitative estimate of drug-likeness (QED) is 0.348. The van der Waals surface area contributed by atoms with Crippen molar-refractivity contribution in [3.05, 3.63) is 28.8 Å². The summed E-state index contributed by atoms with van der Waals surface area (Å²) < 4.78 is 0. The first kappa shape index (κ1) is 16.6. The number of halogens is 1. The molecule has 0 aliphatic rings. The standard InChI is InChI=1S/C15H24ClN3O/c1-4-6-9-19(11(3)5-2)14-8-7-12(10-13(14)16)15(17)18-20/h7-8,10-11,20H,4-6,9H2,1-3H3,(H2,17,18). The zero-order valence-corrected chi connectivity index (χ0v) is 13.2. The van der Waals surface area contributed by atoms with Crippen molar-refractivity contribution in [1.29, 1.82) is 0 Å². The van der Waals surface area contributed by atoms with Gasteiger partial charge in [-0.2, -0.15) is 0 Å². The van der Waals surface area contributed by atoms with Crippen molar-refractivity contribution in [3.63, 3.8) is 0 Å². The van der Waals surface area contributed by atoms with Crippen molar-refractivity contribution in [3.8, 4) is 0 Å². The summed E-state index contributed by atoms with van der Waals surface area (Å²) in [6.45, 7) is 7.53. The first-order valence-electron chi connectivity index (χ1n) is 7.09. The van der Waals surface area contributed by atoms with Crippen LogP contribution in [0.2, 0.25) is 5.02 Å². The van der Waals surface area contributed by atoms with E-state index in [4.69, 9.17) is 22.5 Å². The molecule has 1 aromatic carbocycles. The molecule has 0 saturated carbocycles. The average Bonchev–Trinajstić information content (AvgIpc) is 2.47. The summed E-state index contributed by atoms with van der Waals surface area (Å²) in [6, 6.07) is 5.94. The molecule has 5 heteroatoms. The van der Waals surface area contributed by atoms with E-state index in [1.165, 1.54) is 0 Å². The van der Waals surface area contributed by atoms with Crippen LogP contribution in [0.1, 0.15) is 45.6 Å². The maximum atomic E-state index is 8.71. The molecule has 0 saturated heterocycles. The van der Waals surface area contributed by atoms with Crippen LogP contribution in [0.5, 0.6) is 0 Å². The normalized spacial score (nSPS) is 13.3. The van der Waals surface area contributed by atoms with Crippen molar-refractivity contribution < 1.29 is 5.21 Å². The monoisotopic (exact) mass is 297 g/mol. The number of rotatable bonds is 7. The van der Waals surface area contributed by atoms with E-state index in [2.05, 4.69) is 30.8 Å². The van der Waals surface area contributed by atoms with E-state index in [0.29, 0.717) is 16.6 Å². The van der Waals surface area contributed by atoms with Gasteiger partial charge in [-0.3, -0.25) is 0 Å². The molecule has 0 aliphatic carbocycles. The van der Waals surface area contributed by atoms with Gasteiger partial charge in [-0.05, 0) is 38.0 Å². The molecule has 3 N–H and O–H groups in total. The first-order valence-corrected chi connectivity index (χ1v) is 7.47. The minimum Gasteiger partial charge on any atom is -0.409 e. The van der Waals surface area contributed by atoms with E-state index in [1.807, 2.05) is 12.1 Å². The van der Waals surface area contributed by atoms with Gasteiger partial charge in [-0.15, -0.1) is 0 Å². The Morgan fingerprint density at radius 2 is 2.15 bits per heavy atom. The summed E-state index contributed by atoms with van der Waals surface area (Å²) in [5.74, 6) is 0.0714. The highest BCUT2D eigenvalue weighted by molar-refractivity contribution is 6.33. The van der Waals surface area contributed by atoms with Crippen LogP contribution in [0.15, 0.2) is 23.4 Å². The van der Waals surface area contributed by atoms with Crippen LogP contribution in [0.3, 0.4) is 0 Å². The number of oxime groups is 1. The highest BCUT2D eigenvalue weighted by Crippen LogP contribution is 2.29.